The zero-order valence-electron chi connectivity index (χ0n) is 14.6. The van der Waals surface area contributed by atoms with Gasteiger partial charge in [-0.15, -0.1) is 0 Å². The zero-order chi connectivity index (χ0) is 17.1. The van der Waals surface area contributed by atoms with Gasteiger partial charge in [0.2, 0.25) is 0 Å². The number of hydrogen-bond acceptors (Lipinski definition) is 2. The second-order valence-corrected chi connectivity index (χ2v) is 6.79. The highest BCUT2D eigenvalue weighted by molar-refractivity contribution is 6.08. The highest BCUT2D eigenvalue weighted by atomic mass is 79.9. The second-order valence-electron chi connectivity index (χ2n) is 6.79. The predicted octanol–water partition coefficient (Wildman–Crippen LogP) is 1.31. The van der Waals surface area contributed by atoms with E-state index in [9.17, 15) is 0 Å². The number of nitrogens with zero attached hydrogens (tertiary/aromatic N) is 3. The molecule has 0 amide bonds. The molecule has 0 unspecified atom stereocenters. The van der Waals surface area contributed by atoms with Crippen LogP contribution in [0.2, 0.25) is 0 Å². The van der Waals surface area contributed by atoms with Crippen molar-refractivity contribution in [1.29, 1.82) is 0 Å². The number of hydrogen-bond donors (Lipinski definition) is 1. The van der Waals surface area contributed by atoms with E-state index in [1.807, 2.05) is 0 Å². The van der Waals surface area contributed by atoms with E-state index in [4.69, 9.17) is 0 Å². The number of para-hydroxylation sites is 1. The van der Waals surface area contributed by atoms with Crippen molar-refractivity contribution in [1.82, 2.24) is 9.97 Å². The average molecular weight is 417 g/mol. The van der Waals surface area contributed by atoms with Gasteiger partial charge in [-0.1, -0.05) is 36.4 Å². The number of benzene rings is 3. The van der Waals surface area contributed by atoms with E-state index in [2.05, 4.69) is 86.2 Å². The summed E-state index contributed by atoms with van der Waals surface area (Å²) in [7, 11) is 0. The van der Waals surface area contributed by atoms with Gasteiger partial charge in [0.1, 0.15) is 24.3 Å². The van der Waals surface area contributed by atoms with Gasteiger partial charge in [0.15, 0.2) is 0 Å². The average Bonchev–Trinajstić information content (AvgIpc) is 3.35. The maximum atomic E-state index is 4.34. The number of aromatic nitrogens is 3. The van der Waals surface area contributed by atoms with E-state index in [1.54, 1.807) is 6.33 Å². The van der Waals surface area contributed by atoms with Crippen LogP contribution in [0.5, 0.6) is 0 Å². The van der Waals surface area contributed by atoms with E-state index in [0.29, 0.717) is 0 Å². The number of pyridine rings is 1. The Morgan fingerprint density at radius 3 is 2.56 bits per heavy atom. The lowest BCUT2D eigenvalue weighted by molar-refractivity contribution is -0.643. The molecule has 1 aliphatic rings. The summed E-state index contributed by atoms with van der Waals surface area (Å²) in [4.78, 5) is 10.00. The molecule has 1 aliphatic heterocycles. The molecule has 1 N–H and O–H groups in total. The number of halogens is 1. The van der Waals surface area contributed by atoms with Crippen molar-refractivity contribution >= 4 is 44.2 Å². The molecule has 0 aliphatic carbocycles. The molecule has 0 radical (unpaired) electrons. The minimum atomic E-state index is 0. The van der Waals surface area contributed by atoms with Crippen LogP contribution in [0.15, 0.2) is 73.1 Å². The summed E-state index contributed by atoms with van der Waals surface area (Å²) in [5.41, 5.74) is 4.58. The summed E-state index contributed by atoms with van der Waals surface area (Å²) < 4.78 is 2.45. The summed E-state index contributed by atoms with van der Waals surface area (Å²) in [6.07, 6.45) is 1.75. The molecule has 3 heterocycles. The van der Waals surface area contributed by atoms with Crippen LogP contribution in [-0.2, 0) is 6.54 Å². The summed E-state index contributed by atoms with van der Waals surface area (Å²) in [6, 6.07) is 23.9. The fraction of sp³-hybridized carbons (Fsp3) is 0.0909. The second kappa shape index (κ2) is 6.06. The molecule has 4 nitrogen and oxygen atoms in total. The first-order valence-electron chi connectivity index (χ1n) is 8.94. The fourth-order valence-electron chi connectivity index (χ4n) is 4.28. The van der Waals surface area contributed by atoms with Crippen molar-refractivity contribution in [2.45, 2.75) is 6.54 Å². The third-order valence-electron chi connectivity index (χ3n) is 5.43. The molecule has 0 fully saturated rings. The van der Waals surface area contributed by atoms with Crippen molar-refractivity contribution < 1.29 is 21.5 Å². The number of nitrogens with one attached hydrogen (secondary N) is 1. The van der Waals surface area contributed by atoms with Crippen LogP contribution < -0.4 is 26.4 Å². The molecular weight excluding hydrogens is 400 g/mol. The molecule has 0 atom stereocenters. The van der Waals surface area contributed by atoms with Crippen LogP contribution in [0, 0.1) is 0 Å². The Labute approximate surface area is 166 Å². The van der Waals surface area contributed by atoms with E-state index in [1.165, 1.54) is 33.2 Å². The summed E-state index contributed by atoms with van der Waals surface area (Å²) >= 11 is 0. The number of aromatic amines is 1. The maximum absolute atomic E-state index is 4.34. The van der Waals surface area contributed by atoms with Crippen molar-refractivity contribution in [3.8, 4) is 0 Å². The molecule has 0 bridgehead atoms. The number of imidazole rings is 1. The largest absolute Gasteiger partial charge is 1.00 e. The summed E-state index contributed by atoms with van der Waals surface area (Å²) in [5.74, 6) is 1.28. The zero-order valence-corrected chi connectivity index (χ0v) is 16.1. The molecule has 27 heavy (non-hydrogen) atoms. The van der Waals surface area contributed by atoms with Crippen LogP contribution in [0.3, 0.4) is 0 Å². The van der Waals surface area contributed by atoms with Gasteiger partial charge < -0.3 is 22.0 Å². The summed E-state index contributed by atoms with van der Waals surface area (Å²) in [5, 5.41) is 3.93. The van der Waals surface area contributed by atoms with Crippen LogP contribution in [0.4, 0.5) is 11.5 Å². The lowest BCUT2D eigenvalue weighted by Gasteiger charge is -2.13. The Morgan fingerprint density at radius 1 is 0.889 bits per heavy atom. The van der Waals surface area contributed by atoms with Gasteiger partial charge in [-0.05, 0) is 24.3 Å². The Bertz CT molecular complexity index is 1310. The van der Waals surface area contributed by atoms with E-state index < -0.39 is 0 Å². The summed E-state index contributed by atoms with van der Waals surface area (Å²) in [6.45, 7) is 1.96. The first-order chi connectivity index (χ1) is 12.9. The first-order valence-corrected chi connectivity index (χ1v) is 8.94. The molecule has 0 spiro atoms. The topological polar surface area (TPSA) is 35.8 Å². The monoisotopic (exact) mass is 416 g/mol. The van der Waals surface area contributed by atoms with Crippen molar-refractivity contribution in [2.24, 2.45) is 0 Å². The van der Waals surface area contributed by atoms with E-state index in [-0.39, 0.29) is 17.0 Å². The van der Waals surface area contributed by atoms with Gasteiger partial charge in [0, 0.05) is 16.8 Å². The van der Waals surface area contributed by atoms with Crippen LogP contribution >= 0.6 is 0 Å². The highest BCUT2D eigenvalue weighted by Gasteiger charge is 2.33. The van der Waals surface area contributed by atoms with Crippen LogP contribution in [-0.4, -0.2) is 16.5 Å². The Kier molecular flexibility index (Phi) is 3.65. The number of rotatable bonds is 1. The molecule has 0 saturated carbocycles. The minimum Gasteiger partial charge on any atom is -1.00 e. The lowest BCUT2D eigenvalue weighted by Crippen LogP contribution is -3.00. The van der Waals surface area contributed by atoms with Crippen LogP contribution in [0.1, 0.15) is 0 Å². The van der Waals surface area contributed by atoms with Gasteiger partial charge in [-0.25, -0.2) is 14.5 Å². The third kappa shape index (κ3) is 2.28. The van der Waals surface area contributed by atoms with Crippen molar-refractivity contribution in [3.05, 3.63) is 73.1 Å². The predicted molar refractivity (Wildman–Crippen MR) is 105 cm³/mol. The number of anilines is 2. The minimum absolute atomic E-state index is 0. The quantitative estimate of drug-likeness (QED) is 0.330. The first kappa shape index (κ1) is 16.3. The molecule has 2 aromatic heterocycles. The standard InChI is InChI=1S/C22H17N4.BrH/c1-2-7-18-16(5-1)17-6-3-4-8-21(17)26-12-11-25(22(18)26)15-9-10-19-20(13-15)24-14-23-19;/h1-10,13-14H,11-12H2,(H,23,24);1H/q+1;/p-1. The van der Waals surface area contributed by atoms with Gasteiger partial charge in [-0.2, -0.15) is 0 Å². The highest BCUT2D eigenvalue weighted by Crippen LogP contribution is 2.36. The van der Waals surface area contributed by atoms with Gasteiger partial charge in [-0.3, -0.25) is 0 Å². The third-order valence-corrected chi connectivity index (χ3v) is 5.43. The Morgan fingerprint density at radius 2 is 1.67 bits per heavy atom. The Balaban J connectivity index is 0.00000160. The lowest BCUT2D eigenvalue weighted by atomic mass is 10.1. The Hall–Kier alpha value is -2.92. The SMILES string of the molecule is [Br-].c1ccc2c(c1)c1[n+](c3ccccc23)CCN1c1ccc2nc[nH]c2c1. The van der Waals surface area contributed by atoms with Crippen molar-refractivity contribution in [3.63, 3.8) is 0 Å². The number of H-pyrrole nitrogens is 1. The van der Waals surface area contributed by atoms with Crippen molar-refractivity contribution in [2.75, 3.05) is 11.4 Å². The molecule has 132 valence electrons. The smallest absolute Gasteiger partial charge is 0.290 e. The van der Waals surface area contributed by atoms with Gasteiger partial charge in [0.05, 0.1) is 22.7 Å². The fourth-order valence-corrected chi connectivity index (χ4v) is 4.28. The molecule has 0 saturated heterocycles. The van der Waals surface area contributed by atoms with Gasteiger partial charge >= 0.3 is 0 Å². The molecule has 6 rings (SSSR count). The van der Waals surface area contributed by atoms with Crippen LogP contribution in [0.25, 0.3) is 32.7 Å². The molecule has 3 aromatic carbocycles. The normalized spacial score (nSPS) is 13.3. The maximum Gasteiger partial charge on any atom is 0.290 e. The molecule has 5 aromatic rings. The van der Waals surface area contributed by atoms with Gasteiger partial charge in [0.25, 0.3) is 5.82 Å². The number of fused-ring (bicyclic) bond motifs is 7. The van der Waals surface area contributed by atoms with E-state index >= 15 is 0 Å². The molecule has 5 heteroatoms. The molecular formula is C22H17BrN4. The van der Waals surface area contributed by atoms with E-state index in [0.717, 1.165) is 24.1 Å².